The van der Waals surface area contributed by atoms with E-state index in [2.05, 4.69) is 0 Å². The molecule has 0 aliphatic carbocycles. The monoisotopic (exact) mass is 301 g/mol. The standard InChI is InChI=1S/C16H15NO3S/c18-12-15-10-13-6-4-5-7-14(13)11-17(15)21(19,20)16-8-2-1-3-9-16/h1-9,12,15H,10-11H2/t15-/m0/s1. The van der Waals surface area contributed by atoms with Gasteiger partial charge in [-0.05, 0) is 29.7 Å². The van der Waals surface area contributed by atoms with Gasteiger partial charge in [0, 0.05) is 6.54 Å². The van der Waals surface area contributed by atoms with Crippen molar-refractivity contribution in [2.45, 2.75) is 23.9 Å². The Balaban J connectivity index is 2.04. The van der Waals surface area contributed by atoms with Crippen LogP contribution >= 0.6 is 0 Å². The molecule has 3 rings (SSSR count). The molecule has 1 aliphatic rings. The zero-order chi connectivity index (χ0) is 14.9. The molecule has 0 radical (unpaired) electrons. The van der Waals surface area contributed by atoms with Gasteiger partial charge in [-0.2, -0.15) is 4.31 Å². The van der Waals surface area contributed by atoms with E-state index in [-0.39, 0.29) is 11.4 Å². The third-order valence-corrected chi connectivity index (χ3v) is 5.64. The fourth-order valence-corrected chi connectivity index (χ4v) is 4.19. The first-order chi connectivity index (χ1) is 10.1. The van der Waals surface area contributed by atoms with Crippen LogP contribution in [0.25, 0.3) is 0 Å². The average Bonchev–Trinajstić information content (AvgIpc) is 2.54. The highest BCUT2D eigenvalue weighted by molar-refractivity contribution is 7.89. The number of rotatable bonds is 3. The molecule has 2 aromatic carbocycles. The lowest BCUT2D eigenvalue weighted by atomic mass is 9.97. The van der Waals surface area contributed by atoms with Crippen molar-refractivity contribution in [1.29, 1.82) is 0 Å². The van der Waals surface area contributed by atoms with Crippen LogP contribution in [0, 0.1) is 0 Å². The summed E-state index contributed by atoms with van der Waals surface area (Å²) in [6.45, 7) is 0.233. The van der Waals surface area contributed by atoms with Crippen LogP contribution in [-0.2, 0) is 27.8 Å². The summed E-state index contributed by atoms with van der Waals surface area (Å²) in [7, 11) is -3.66. The third-order valence-electron chi connectivity index (χ3n) is 3.75. The van der Waals surface area contributed by atoms with Crippen LogP contribution in [0.1, 0.15) is 11.1 Å². The summed E-state index contributed by atoms with van der Waals surface area (Å²) < 4.78 is 26.8. The van der Waals surface area contributed by atoms with E-state index in [1.165, 1.54) is 4.31 Å². The number of carbonyl (C=O) groups is 1. The summed E-state index contributed by atoms with van der Waals surface area (Å²) in [6, 6.07) is 15.2. The smallest absolute Gasteiger partial charge is 0.244 e. The highest BCUT2D eigenvalue weighted by Crippen LogP contribution is 2.28. The van der Waals surface area contributed by atoms with Gasteiger partial charge in [0.05, 0.1) is 10.9 Å². The molecule has 2 aromatic rings. The fraction of sp³-hybridized carbons (Fsp3) is 0.188. The predicted molar refractivity (Wildman–Crippen MR) is 79.2 cm³/mol. The summed E-state index contributed by atoms with van der Waals surface area (Å²) >= 11 is 0. The molecule has 0 aromatic heterocycles. The molecule has 0 N–H and O–H groups in total. The molecule has 0 amide bonds. The van der Waals surface area contributed by atoms with Gasteiger partial charge in [-0.15, -0.1) is 0 Å². The van der Waals surface area contributed by atoms with Gasteiger partial charge in [0.25, 0.3) is 0 Å². The van der Waals surface area contributed by atoms with Gasteiger partial charge < -0.3 is 4.79 Å². The number of sulfonamides is 1. The van der Waals surface area contributed by atoms with Crippen molar-refractivity contribution in [2.24, 2.45) is 0 Å². The van der Waals surface area contributed by atoms with Gasteiger partial charge in [0.2, 0.25) is 10.0 Å². The van der Waals surface area contributed by atoms with E-state index in [1.54, 1.807) is 30.3 Å². The van der Waals surface area contributed by atoms with Crippen LogP contribution in [0.3, 0.4) is 0 Å². The van der Waals surface area contributed by atoms with Gasteiger partial charge in [0.15, 0.2) is 0 Å². The summed E-state index contributed by atoms with van der Waals surface area (Å²) in [4.78, 5) is 11.6. The van der Waals surface area contributed by atoms with Crippen LogP contribution in [0.4, 0.5) is 0 Å². The number of nitrogens with zero attached hydrogens (tertiary/aromatic N) is 1. The van der Waals surface area contributed by atoms with Crippen LogP contribution in [-0.4, -0.2) is 25.1 Å². The Morgan fingerprint density at radius 1 is 0.952 bits per heavy atom. The SMILES string of the molecule is O=C[C@@H]1Cc2ccccc2CN1S(=O)(=O)c1ccccc1. The second-order valence-corrected chi connectivity index (χ2v) is 6.93. The molecule has 1 heterocycles. The quantitative estimate of drug-likeness (QED) is 0.815. The van der Waals surface area contributed by atoms with E-state index in [0.717, 1.165) is 17.4 Å². The van der Waals surface area contributed by atoms with Gasteiger partial charge >= 0.3 is 0 Å². The van der Waals surface area contributed by atoms with Gasteiger partial charge in [-0.25, -0.2) is 8.42 Å². The first-order valence-electron chi connectivity index (χ1n) is 6.72. The van der Waals surface area contributed by atoms with Crippen molar-refractivity contribution in [2.75, 3.05) is 0 Å². The molecule has 0 saturated heterocycles. The number of carbonyl (C=O) groups excluding carboxylic acids is 1. The third kappa shape index (κ3) is 2.50. The second-order valence-electron chi connectivity index (χ2n) is 5.04. The molecule has 4 nitrogen and oxygen atoms in total. The molecule has 0 bridgehead atoms. The lowest BCUT2D eigenvalue weighted by Crippen LogP contribution is -2.45. The van der Waals surface area contributed by atoms with Gasteiger partial charge in [-0.3, -0.25) is 0 Å². The van der Waals surface area contributed by atoms with E-state index in [9.17, 15) is 13.2 Å². The second kappa shape index (κ2) is 5.42. The number of aldehydes is 1. The Labute approximate surface area is 124 Å². The van der Waals surface area contributed by atoms with Crippen molar-refractivity contribution in [3.63, 3.8) is 0 Å². The summed E-state index contributed by atoms with van der Waals surface area (Å²) in [6.07, 6.45) is 1.14. The average molecular weight is 301 g/mol. The van der Waals surface area contributed by atoms with Crippen LogP contribution in [0.15, 0.2) is 59.5 Å². The van der Waals surface area contributed by atoms with Crippen molar-refractivity contribution >= 4 is 16.3 Å². The minimum absolute atomic E-state index is 0.219. The highest BCUT2D eigenvalue weighted by Gasteiger charge is 2.35. The molecule has 0 fully saturated rings. The maximum Gasteiger partial charge on any atom is 0.244 e. The Bertz CT molecular complexity index is 756. The van der Waals surface area contributed by atoms with Crippen molar-refractivity contribution in [3.05, 3.63) is 65.7 Å². The minimum atomic E-state index is -3.66. The van der Waals surface area contributed by atoms with Crippen LogP contribution < -0.4 is 0 Å². The van der Waals surface area contributed by atoms with Gasteiger partial charge in [-0.1, -0.05) is 42.5 Å². The molecule has 1 aliphatic heterocycles. The molecular formula is C16H15NO3S. The molecule has 0 saturated carbocycles. The Morgan fingerprint density at radius 3 is 2.24 bits per heavy atom. The first kappa shape index (κ1) is 14.0. The van der Waals surface area contributed by atoms with Crippen LogP contribution in [0.2, 0.25) is 0 Å². The maximum absolute atomic E-state index is 12.7. The number of hydrogen-bond donors (Lipinski definition) is 0. The maximum atomic E-state index is 12.7. The van der Waals surface area contributed by atoms with E-state index >= 15 is 0 Å². The summed E-state index contributed by atoms with van der Waals surface area (Å²) in [5.41, 5.74) is 1.99. The Morgan fingerprint density at radius 2 is 1.57 bits per heavy atom. The molecule has 108 valence electrons. The fourth-order valence-electron chi connectivity index (χ4n) is 2.63. The molecular weight excluding hydrogens is 286 g/mol. The molecule has 5 heteroatoms. The molecule has 21 heavy (non-hydrogen) atoms. The number of hydrogen-bond acceptors (Lipinski definition) is 3. The zero-order valence-corrected chi connectivity index (χ0v) is 12.2. The normalized spacial score (nSPS) is 19.0. The summed E-state index contributed by atoms with van der Waals surface area (Å²) in [5, 5.41) is 0. The van der Waals surface area contributed by atoms with E-state index < -0.39 is 16.1 Å². The number of fused-ring (bicyclic) bond motifs is 1. The van der Waals surface area contributed by atoms with E-state index in [0.29, 0.717) is 6.42 Å². The van der Waals surface area contributed by atoms with Gasteiger partial charge in [0.1, 0.15) is 6.29 Å². The van der Waals surface area contributed by atoms with Crippen molar-refractivity contribution < 1.29 is 13.2 Å². The lowest BCUT2D eigenvalue weighted by Gasteiger charge is -2.32. The minimum Gasteiger partial charge on any atom is -0.302 e. The van der Waals surface area contributed by atoms with Crippen LogP contribution in [0.5, 0.6) is 0 Å². The van der Waals surface area contributed by atoms with E-state index in [1.807, 2.05) is 24.3 Å². The topological polar surface area (TPSA) is 54.5 Å². The molecule has 0 spiro atoms. The molecule has 1 atom stereocenters. The summed E-state index contributed by atoms with van der Waals surface area (Å²) in [5.74, 6) is 0. The van der Waals surface area contributed by atoms with Crippen molar-refractivity contribution in [3.8, 4) is 0 Å². The predicted octanol–water partition coefficient (Wildman–Crippen LogP) is 2.00. The number of benzene rings is 2. The van der Waals surface area contributed by atoms with Crippen molar-refractivity contribution in [1.82, 2.24) is 4.31 Å². The largest absolute Gasteiger partial charge is 0.302 e. The Kier molecular flexibility index (Phi) is 3.61. The Hall–Kier alpha value is -1.98. The first-order valence-corrected chi connectivity index (χ1v) is 8.16. The zero-order valence-electron chi connectivity index (χ0n) is 11.3. The van der Waals surface area contributed by atoms with E-state index in [4.69, 9.17) is 0 Å². The highest BCUT2D eigenvalue weighted by atomic mass is 32.2. The lowest BCUT2D eigenvalue weighted by molar-refractivity contribution is -0.111. The molecule has 0 unspecified atom stereocenters.